The Morgan fingerprint density at radius 3 is 2.53 bits per heavy atom. The molecule has 0 spiro atoms. The molecule has 30 heavy (non-hydrogen) atoms. The van der Waals surface area contributed by atoms with E-state index in [1.165, 1.54) is 19.3 Å². The molecule has 1 aromatic heterocycles. The maximum Gasteiger partial charge on any atom is 0.357 e. The highest BCUT2D eigenvalue weighted by Gasteiger charge is 2.19. The predicted octanol–water partition coefficient (Wildman–Crippen LogP) is 3.49. The Kier molecular flexibility index (Phi) is 6.48. The van der Waals surface area contributed by atoms with Crippen molar-refractivity contribution in [3.05, 3.63) is 94.7 Å². The number of aromatic nitrogens is 2. The SMILES string of the molecule is COc1cc(/C=C\c2[nH]c(=O)[nH]c(=O)c2[N+](=O)[O-])cc(Br)c1OCc1ccccc1. The van der Waals surface area contributed by atoms with Crippen LogP contribution < -0.4 is 20.7 Å². The number of hydrogen-bond acceptors (Lipinski definition) is 6. The van der Waals surface area contributed by atoms with Gasteiger partial charge in [0.1, 0.15) is 12.3 Å². The molecule has 0 bridgehead atoms. The van der Waals surface area contributed by atoms with Gasteiger partial charge in [-0.05, 0) is 45.3 Å². The molecule has 2 N–H and O–H groups in total. The van der Waals surface area contributed by atoms with Crippen LogP contribution in [0.5, 0.6) is 11.5 Å². The lowest BCUT2D eigenvalue weighted by atomic mass is 10.1. The molecule has 0 radical (unpaired) electrons. The van der Waals surface area contributed by atoms with E-state index < -0.39 is 21.9 Å². The average molecular weight is 474 g/mol. The number of nitrogens with zero attached hydrogens (tertiary/aromatic N) is 1. The lowest BCUT2D eigenvalue weighted by Gasteiger charge is -2.13. The summed E-state index contributed by atoms with van der Waals surface area (Å²) in [4.78, 5) is 37.6. The molecule has 2 aromatic carbocycles. The quantitative estimate of drug-likeness (QED) is 0.399. The first-order valence-corrected chi connectivity index (χ1v) is 9.41. The minimum absolute atomic E-state index is 0.215. The van der Waals surface area contributed by atoms with E-state index in [1.807, 2.05) is 35.3 Å². The average Bonchev–Trinajstić information content (AvgIpc) is 2.71. The first-order chi connectivity index (χ1) is 14.4. The van der Waals surface area contributed by atoms with Gasteiger partial charge in [-0.1, -0.05) is 36.4 Å². The highest BCUT2D eigenvalue weighted by molar-refractivity contribution is 9.10. The van der Waals surface area contributed by atoms with Crippen molar-refractivity contribution in [3.8, 4) is 11.5 Å². The van der Waals surface area contributed by atoms with Crippen molar-refractivity contribution in [2.75, 3.05) is 7.11 Å². The van der Waals surface area contributed by atoms with Gasteiger partial charge in [0.2, 0.25) is 0 Å². The Bertz CT molecular complexity index is 1220. The number of halogens is 1. The molecular weight excluding hydrogens is 458 g/mol. The Morgan fingerprint density at radius 1 is 1.13 bits per heavy atom. The van der Waals surface area contributed by atoms with Gasteiger partial charge < -0.3 is 14.5 Å². The molecule has 9 nitrogen and oxygen atoms in total. The molecule has 0 saturated carbocycles. The second-order valence-corrected chi connectivity index (χ2v) is 6.92. The second kappa shape index (κ2) is 9.23. The van der Waals surface area contributed by atoms with E-state index in [2.05, 4.69) is 20.9 Å². The van der Waals surface area contributed by atoms with Crippen molar-refractivity contribution in [2.24, 2.45) is 0 Å². The summed E-state index contributed by atoms with van der Waals surface area (Å²) in [5.41, 5.74) is -1.30. The monoisotopic (exact) mass is 473 g/mol. The molecule has 3 rings (SSSR count). The van der Waals surface area contributed by atoms with Gasteiger partial charge in [-0.3, -0.25) is 19.9 Å². The molecule has 0 amide bonds. The Hall–Kier alpha value is -3.66. The van der Waals surface area contributed by atoms with Crippen molar-refractivity contribution < 1.29 is 14.4 Å². The van der Waals surface area contributed by atoms with E-state index in [4.69, 9.17) is 9.47 Å². The predicted molar refractivity (Wildman–Crippen MR) is 115 cm³/mol. The zero-order valence-corrected chi connectivity index (χ0v) is 17.3. The third kappa shape index (κ3) is 4.84. The molecule has 0 unspecified atom stereocenters. The van der Waals surface area contributed by atoms with E-state index in [0.717, 1.165) is 5.56 Å². The summed E-state index contributed by atoms with van der Waals surface area (Å²) in [5.74, 6) is 0.933. The highest BCUT2D eigenvalue weighted by Crippen LogP contribution is 2.37. The van der Waals surface area contributed by atoms with Crippen LogP contribution >= 0.6 is 15.9 Å². The Morgan fingerprint density at radius 2 is 1.87 bits per heavy atom. The van der Waals surface area contributed by atoms with Crippen molar-refractivity contribution in [1.29, 1.82) is 0 Å². The van der Waals surface area contributed by atoms with Gasteiger partial charge in [0.05, 0.1) is 16.5 Å². The molecule has 1 heterocycles. The second-order valence-electron chi connectivity index (χ2n) is 6.07. The van der Waals surface area contributed by atoms with Gasteiger partial charge in [-0.2, -0.15) is 0 Å². The number of aromatic amines is 2. The highest BCUT2D eigenvalue weighted by atomic mass is 79.9. The van der Waals surface area contributed by atoms with Crippen molar-refractivity contribution in [1.82, 2.24) is 9.97 Å². The fraction of sp³-hybridized carbons (Fsp3) is 0.100. The largest absolute Gasteiger partial charge is 0.493 e. The third-order valence-corrected chi connectivity index (χ3v) is 4.64. The van der Waals surface area contributed by atoms with Crippen LogP contribution in [0.2, 0.25) is 0 Å². The van der Waals surface area contributed by atoms with E-state index >= 15 is 0 Å². The van der Waals surface area contributed by atoms with E-state index in [9.17, 15) is 19.7 Å². The molecule has 3 aromatic rings. The van der Waals surface area contributed by atoms with Gasteiger partial charge in [0, 0.05) is 0 Å². The molecule has 0 aliphatic rings. The summed E-state index contributed by atoms with van der Waals surface area (Å²) in [6, 6.07) is 13.0. The topological polar surface area (TPSA) is 127 Å². The van der Waals surface area contributed by atoms with Gasteiger partial charge >= 0.3 is 16.9 Å². The van der Waals surface area contributed by atoms with Crippen LogP contribution in [-0.4, -0.2) is 22.0 Å². The standard InChI is InChI=1S/C20H16BrN3O6/c1-29-16-10-13(7-8-15-17(24(27)28)19(25)23-20(26)22-15)9-14(21)18(16)30-11-12-5-3-2-4-6-12/h2-10H,11H2,1H3,(H2,22,23,25,26)/b8-7-. The summed E-state index contributed by atoms with van der Waals surface area (Å²) < 4.78 is 11.9. The maximum absolute atomic E-state index is 11.7. The van der Waals surface area contributed by atoms with Gasteiger partial charge in [-0.15, -0.1) is 0 Å². The van der Waals surface area contributed by atoms with Gasteiger partial charge in [-0.25, -0.2) is 4.79 Å². The number of H-pyrrole nitrogens is 2. The molecule has 0 aliphatic carbocycles. The number of rotatable bonds is 7. The van der Waals surface area contributed by atoms with E-state index in [0.29, 0.717) is 28.1 Å². The van der Waals surface area contributed by atoms with Crippen molar-refractivity contribution in [2.45, 2.75) is 6.61 Å². The van der Waals surface area contributed by atoms with Gasteiger partial charge in [0.15, 0.2) is 11.5 Å². The van der Waals surface area contributed by atoms with Crippen molar-refractivity contribution in [3.63, 3.8) is 0 Å². The van der Waals surface area contributed by atoms with Crippen LogP contribution in [0.25, 0.3) is 12.2 Å². The summed E-state index contributed by atoms with van der Waals surface area (Å²) in [6.07, 6.45) is 2.78. The Labute approximate surface area is 178 Å². The molecule has 0 aliphatic heterocycles. The number of ether oxygens (including phenoxy) is 2. The number of nitro groups is 1. The first-order valence-electron chi connectivity index (χ1n) is 8.62. The summed E-state index contributed by atoms with van der Waals surface area (Å²) in [6.45, 7) is 0.339. The van der Waals surface area contributed by atoms with Gasteiger partial charge in [0.25, 0.3) is 0 Å². The first kappa shape index (κ1) is 21.1. The molecule has 10 heteroatoms. The lowest BCUT2D eigenvalue weighted by Crippen LogP contribution is -2.25. The molecular formula is C20H16BrN3O6. The number of benzene rings is 2. The fourth-order valence-electron chi connectivity index (χ4n) is 2.68. The zero-order chi connectivity index (χ0) is 21.7. The minimum atomic E-state index is -1.08. The van der Waals surface area contributed by atoms with E-state index in [1.54, 1.807) is 12.1 Å². The lowest BCUT2D eigenvalue weighted by molar-refractivity contribution is -0.386. The van der Waals surface area contributed by atoms with Crippen LogP contribution in [0.3, 0.4) is 0 Å². The molecule has 154 valence electrons. The number of methoxy groups -OCH3 is 1. The molecule has 0 fully saturated rings. The maximum atomic E-state index is 11.7. The van der Waals surface area contributed by atoms with Crippen molar-refractivity contribution >= 4 is 33.8 Å². The summed E-state index contributed by atoms with van der Waals surface area (Å²) in [7, 11) is 1.49. The minimum Gasteiger partial charge on any atom is -0.493 e. The summed E-state index contributed by atoms with van der Waals surface area (Å²) in [5, 5.41) is 11.1. The smallest absolute Gasteiger partial charge is 0.357 e. The molecule has 0 saturated heterocycles. The van der Waals surface area contributed by atoms with Crippen LogP contribution in [-0.2, 0) is 6.61 Å². The zero-order valence-electron chi connectivity index (χ0n) is 15.7. The fourth-order valence-corrected chi connectivity index (χ4v) is 3.26. The van der Waals surface area contributed by atoms with Crippen LogP contribution in [0.4, 0.5) is 5.69 Å². The molecule has 0 atom stereocenters. The third-order valence-electron chi connectivity index (χ3n) is 4.05. The summed E-state index contributed by atoms with van der Waals surface area (Å²) >= 11 is 3.44. The number of hydrogen-bond donors (Lipinski definition) is 2. The number of nitrogens with one attached hydrogen (secondary N) is 2. The van der Waals surface area contributed by atoms with E-state index in [-0.39, 0.29) is 5.69 Å². The van der Waals surface area contributed by atoms with Crippen LogP contribution in [0.15, 0.2) is 56.5 Å². The van der Waals surface area contributed by atoms with Crippen LogP contribution in [0.1, 0.15) is 16.8 Å². The normalized spacial score (nSPS) is 10.9. The Balaban J connectivity index is 1.91. The van der Waals surface area contributed by atoms with Crippen LogP contribution in [0, 0.1) is 10.1 Å².